The second-order valence-electron chi connectivity index (χ2n) is 5.99. The molecule has 98 valence electrons. The third kappa shape index (κ3) is 2.65. The van der Waals surface area contributed by atoms with Gasteiger partial charge in [0, 0.05) is 13.1 Å². The Morgan fingerprint density at radius 2 is 2.06 bits per heavy atom. The summed E-state index contributed by atoms with van der Waals surface area (Å²) in [5.74, 6) is 0.295. The molecule has 0 bridgehead atoms. The van der Waals surface area contributed by atoms with Crippen LogP contribution in [0.2, 0.25) is 0 Å². The van der Waals surface area contributed by atoms with E-state index in [0.29, 0.717) is 11.3 Å². The molecule has 1 amide bonds. The molecule has 2 rings (SSSR count). The minimum atomic E-state index is -0.113. The standard InChI is InChI=1S/C14H26N2O/c1-3-5-14(8-9-15-11-14)12(17)16-10-13(4-2)6-7-13/h15H,3-11H2,1-2H3,(H,16,17). The average molecular weight is 238 g/mol. The average Bonchev–Trinajstić information content (AvgIpc) is 2.98. The second-order valence-corrected chi connectivity index (χ2v) is 5.99. The van der Waals surface area contributed by atoms with E-state index in [0.717, 1.165) is 38.9 Å². The number of carbonyl (C=O) groups excluding carboxylic acids is 1. The Kier molecular flexibility index (Phi) is 3.76. The van der Waals surface area contributed by atoms with Crippen molar-refractivity contribution in [3.05, 3.63) is 0 Å². The number of carbonyl (C=O) groups is 1. The van der Waals surface area contributed by atoms with Gasteiger partial charge in [0.15, 0.2) is 0 Å². The van der Waals surface area contributed by atoms with Crippen LogP contribution in [0.15, 0.2) is 0 Å². The lowest BCUT2D eigenvalue weighted by Crippen LogP contribution is -2.44. The van der Waals surface area contributed by atoms with Gasteiger partial charge in [-0.25, -0.2) is 0 Å². The summed E-state index contributed by atoms with van der Waals surface area (Å²) in [5.41, 5.74) is 0.341. The molecule has 0 aromatic carbocycles. The monoisotopic (exact) mass is 238 g/mol. The SMILES string of the molecule is CCCC1(C(=O)NCC2(CC)CC2)CCNC1. The lowest BCUT2D eigenvalue weighted by atomic mass is 9.81. The van der Waals surface area contributed by atoms with E-state index in [1.54, 1.807) is 0 Å². The fraction of sp³-hybridized carbons (Fsp3) is 0.929. The van der Waals surface area contributed by atoms with Gasteiger partial charge in [-0.15, -0.1) is 0 Å². The summed E-state index contributed by atoms with van der Waals surface area (Å²) in [6.07, 6.45) is 6.91. The first-order valence-electron chi connectivity index (χ1n) is 7.15. The number of nitrogens with one attached hydrogen (secondary N) is 2. The van der Waals surface area contributed by atoms with Crippen LogP contribution in [-0.2, 0) is 4.79 Å². The van der Waals surface area contributed by atoms with E-state index < -0.39 is 0 Å². The molecular weight excluding hydrogens is 212 g/mol. The highest BCUT2D eigenvalue weighted by molar-refractivity contribution is 5.83. The Morgan fingerprint density at radius 1 is 1.29 bits per heavy atom. The van der Waals surface area contributed by atoms with Crippen LogP contribution in [-0.4, -0.2) is 25.5 Å². The molecule has 1 saturated heterocycles. The van der Waals surface area contributed by atoms with E-state index in [2.05, 4.69) is 24.5 Å². The molecule has 2 fully saturated rings. The molecule has 3 nitrogen and oxygen atoms in total. The summed E-state index contributed by atoms with van der Waals surface area (Å²) in [7, 11) is 0. The van der Waals surface area contributed by atoms with E-state index in [1.807, 2.05) is 0 Å². The Morgan fingerprint density at radius 3 is 2.53 bits per heavy atom. The van der Waals surface area contributed by atoms with Crippen molar-refractivity contribution >= 4 is 5.91 Å². The van der Waals surface area contributed by atoms with Crippen molar-refractivity contribution in [2.45, 2.75) is 52.4 Å². The van der Waals surface area contributed by atoms with Crippen molar-refractivity contribution in [3.8, 4) is 0 Å². The van der Waals surface area contributed by atoms with Gasteiger partial charge in [-0.3, -0.25) is 4.79 Å². The summed E-state index contributed by atoms with van der Waals surface area (Å²) in [6, 6.07) is 0. The Labute approximate surface area is 105 Å². The van der Waals surface area contributed by atoms with Crippen LogP contribution in [0.25, 0.3) is 0 Å². The predicted molar refractivity (Wildman–Crippen MR) is 69.8 cm³/mol. The highest BCUT2D eigenvalue weighted by Crippen LogP contribution is 2.48. The summed E-state index contributed by atoms with van der Waals surface area (Å²) in [5, 5.41) is 6.57. The molecule has 0 spiro atoms. The number of hydrogen-bond donors (Lipinski definition) is 2. The van der Waals surface area contributed by atoms with E-state index in [-0.39, 0.29) is 5.41 Å². The highest BCUT2D eigenvalue weighted by atomic mass is 16.2. The van der Waals surface area contributed by atoms with Crippen LogP contribution >= 0.6 is 0 Å². The zero-order valence-corrected chi connectivity index (χ0v) is 11.3. The Bertz CT molecular complexity index is 278. The Balaban J connectivity index is 1.88. The maximum atomic E-state index is 12.4. The van der Waals surface area contributed by atoms with E-state index >= 15 is 0 Å². The van der Waals surface area contributed by atoms with Crippen molar-refractivity contribution in [2.75, 3.05) is 19.6 Å². The van der Waals surface area contributed by atoms with Crippen LogP contribution < -0.4 is 10.6 Å². The van der Waals surface area contributed by atoms with Crippen molar-refractivity contribution in [1.29, 1.82) is 0 Å². The van der Waals surface area contributed by atoms with Crippen LogP contribution in [0.5, 0.6) is 0 Å². The normalized spacial score (nSPS) is 30.2. The molecule has 17 heavy (non-hydrogen) atoms. The summed E-state index contributed by atoms with van der Waals surface area (Å²) >= 11 is 0. The number of rotatable bonds is 6. The predicted octanol–water partition coefficient (Wildman–Crippen LogP) is 2.07. The number of amides is 1. The molecule has 1 aliphatic carbocycles. The maximum absolute atomic E-state index is 12.4. The molecule has 0 aromatic heterocycles. The molecule has 1 heterocycles. The van der Waals surface area contributed by atoms with E-state index in [4.69, 9.17) is 0 Å². The van der Waals surface area contributed by atoms with E-state index in [1.165, 1.54) is 19.3 Å². The van der Waals surface area contributed by atoms with Crippen LogP contribution in [0.1, 0.15) is 52.4 Å². The van der Waals surface area contributed by atoms with Crippen molar-refractivity contribution in [2.24, 2.45) is 10.8 Å². The van der Waals surface area contributed by atoms with Gasteiger partial charge in [0.05, 0.1) is 5.41 Å². The van der Waals surface area contributed by atoms with Crippen LogP contribution in [0.3, 0.4) is 0 Å². The fourth-order valence-electron chi connectivity index (χ4n) is 3.03. The number of hydrogen-bond acceptors (Lipinski definition) is 2. The summed E-state index contributed by atoms with van der Waals surface area (Å²) in [4.78, 5) is 12.4. The summed E-state index contributed by atoms with van der Waals surface area (Å²) in [6.45, 7) is 7.16. The van der Waals surface area contributed by atoms with Gasteiger partial charge in [0.2, 0.25) is 5.91 Å². The van der Waals surface area contributed by atoms with Gasteiger partial charge in [-0.1, -0.05) is 20.3 Å². The van der Waals surface area contributed by atoms with Crippen LogP contribution in [0.4, 0.5) is 0 Å². The first kappa shape index (κ1) is 12.9. The topological polar surface area (TPSA) is 41.1 Å². The van der Waals surface area contributed by atoms with E-state index in [9.17, 15) is 4.79 Å². The van der Waals surface area contributed by atoms with Crippen LogP contribution in [0, 0.1) is 10.8 Å². The maximum Gasteiger partial charge on any atom is 0.227 e. The molecule has 3 heteroatoms. The van der Waals surface area contributed by atoms with Gasteiger partial charge in [0.1, 0.15) is 0 Å². The molecular formula is C14H26N2O. The second kappa shape index (κ2) is 4.97. The lowest BCUT2D eigenvalue weighted by molar-refractivity contribution is -0.130. The molecule has 0 radical (unpaired) electrons. The third-order valence-electron chi connectivity index (χ3n) is 4.78. The zero-order chi connectivity index (χ0) is 12.4. The first-order valence-corrected chi connectivity index (χ1v) is 7.15. The minimum Gasteiger partial charge on any atom is -0.355 e. The largest absolute Gasteiger partial charge is 0.355 e. The molecule has 2 aliphatic rings. The molecule has 1 unspecified atom stereocenters. The van der Waals surface area contributed by atoms with Crippen molar-refractivity contribution in [3.63, 3.8) is 0 Å². The van der Waals surface area contributed by atoms with Gasteiger partial charge in [0.25, 0.3) is 0 Å². The van der Waals surface area contributed by atoms with Gasteiger partial charge in [-0.2, -0.15) is 0 Å². The van der Waals surface area contributed by atoms with Gasteiger partial charge in [-0.05, 0) is 44.1 Å². The quantitative estimate of drug-likeness (QED) is 0.744. The molecule has 0 aromatic rings. The fourth-order valence-corrected chi connectivity index (χ4v) is 3.03. The smallest absolute Gasteiger partial charge is 0.227 e. The first-order chi connectivity index (χ1) is 8.16. The molecule has 1 atom stereocenters. The van der Waals surface area contributed by atoms with Gasteiger partial charge < -0.3 is 10.6 Å². The van der Waals surface area contributed by atoms with Crippen molar-refractivity contribution < 1.29 is 4.79 Å². The minimum absolute atomic E-state index is 0.113. The van der Waals surface area contributed by atoms with Gasteiger partial charge >= 0.3 is 0 Å². The highest BCUT2D eigenvalue weighted by Gasteiger charge is 2.44. The molecule has 1 aliphatic heterocycles. The Hall–Kier alpha value is -0.570. The lowest BCUT2D eigenvalue weighted by Gasteiger charge is -2.27. The third-order valence-corrected chi connectivity index (χ3v) is 4.78. The summed E-state index contributed by atoms with van der Waals surface area (Å²) < 4.78 is 0. The van der Waals surface area contributed by atoms with Crippen molar-refractivity contribution in [1.82, 2.24) is 10.6 Å². The molecule has 2 N–H and O–H groups in total. The molecule has 1 saturated carbocycles. The zero-order valence-electron chi connectivity index (χ0n) is 11.3.